The van der Waals surface area contributed by atoms with Gasteiger partial charge in [0, 0.05) is 25.6 Å². The third-order valence-electron chi connectivity index (χ3n) is 3.36. The van der Waals surface area contributed by atoms with Crippen molar-refractivity contribution in [2.75, 3.05) is 26.7 Å². The van der Waals surface area contributed by atoms with Crippen molar-refractivity contribution in [2.45, 2.75) is 38.7 Å². The van der Waals surface area contributed by atoms with E-state index in [-0.39, 0.29) is 11.9 Å². The number of piperidine rings is 1. The molecular formula is C13H22F2N2O3. The number of amides is 1. The van der Waals surface area contributed by atoms with Crippen molar-refractivity contribution in [3.05, 3.63) is 0 Å². The molecule has 1 heterocycles. The Hall–Kier alpha value is -1.24. The van der Waals surface area contributed by atoms with E-state index < -0.39 is 24.9 Å². The van der Waals surface area contributed by atoms with Gasteiger partial charge in [-0.3, -0.25) is 9.59 Å². The summed E-state index contributed by atoms with van der Waals surface area (Å²) in [5.41, 5.74) is 0. The first kappa shape index (κ1) is 16.8. The highest BCUT2D eigenvalue weighted by atomic mass is 19.3. The van der Waals surface area contributed by atoms with Gasteiger partial charge in [0.1, 0.15) is 0 Å². The molecule has 1 fully saturated rings. The molecule has 0 aliphatic carbocycles. The van der Waals surface area contributed by atoms with Crippen LogP contribution < -0.4 is 5.32 Å². The first-order chi connectivity index (χ1) is 9.47. The van der Waals surface area contributed by atoms with E-state index in [2.05, 4.69) is 5.32 Å². The van der Waals surface area contributed by atoms with Crippen molar-refractivity contribution in [3.63, 3.8) is 0 Å². The Balaban J connectivity index is 2.66. The molecule has 5 nitrogen and oxygen atoms in total. The van der Waals surface area contributed by atoms with Gasteiger partial charge in [0.15, 0.2) is 0 Å². The summed E-state index contributed by atoms with van der Waals surface area (Å²) in [6, 6.07) is -0.303. The summed E-state index contributed by atoms with van der Waals surface area (Å²) in [7, 11) is 1.29. The molecule has 0 aromatic heterocycles. The minimum absolute atomic E-state index is 0.0510. The van der Waals surface area contributed by atoms with E-state index >= 15 is 0 Å². The number of hydrogen-bond donors (Lipinski definition) is 1. The lowest BCUT2D eigenvalue weighted by Crippen LogP contribution is -2.53. The quantitative estimate of drug-likeness (QED) is 0.743. The van der Waals surface area contributed by atoms with Gasteiger partial charge in [-0.1, -0.05) is 6.92 Å². The van der Waals surface area contributed by atoms with Gasteiger partial charge in [-0.05, 0) is 12.8 Å². The largest absolute Gasteiger partial charge is 0.469 e. The Bertz CT molecular complexity index is 340. The maximum Gasteiger partial charge on any atom is 0.310 e. The molecule has 2 atom stereocenters. The molecule has 0 aromatic carbocycles. The van der Waals surface area contributed by atoms with Crippen LogP contribution in [-0.2, 0) is 14.3 Å². The number of halogens is 2. The molecule has 0 bridgehead atoms. The van der Waals surface area contributed by atoms with Crippen molar-refractivity contribution in [2.24, 2.45) is 5.92 Å². The van der Waals surface area contributed by atoms with Crippen LogP contribution in [0, 0.1) is 5.92 Å². The SMILES string of the molecule is CCCC(=O)N1CC(NCC(F)F)CC(C(=O)OC)C1. The second-order valence-electron chi connectivity index (χ2n) is 5.00. The number of hydrogen-bond acceptors (Lipinski definition) is 4. The fraction of sp³-hybridized carbons (Fsp3) is 0.846. The van der Waals surface area contributed by atoms with Crippen molar-refractivity contribution >= 4 is 11.9 Å². The summed E-state index contributed by atoms with van der Waals surface area (Å²) in [6.07, 6.45) is -0.925. The highest BCUT2D eigenvalue weighted by Crippen LogP contribution is 2.19. The Morgan fingerprint density at radius 1 is 1.40 bits per heavy atom. The van der Waals surface area contributed by atoms with Crippen LogP contribution in [0.4, 0.5) is 8.78 Å². The van der Waals surface area contributed by atoms with Gasteiger partial charge in [0.25, 0.3) is 6.43 Å². The minimum atomic E-state index is -2.45. The van der Waals surface area contributed by atoms with Crippen molar-refractivity contribution in [1.82, 2.24) is 10.2 Å². The van der Waals surface area contributed by atoms with Gasteiger partial charge in [-0.25, -0.2) is 8.78 Å². The Kier molecular flexibility index (Phi) is 6.84. The van der Waals surface area contributed by atoms with Gasteiger partial charge in [0.05, 0.1) is 19.6 Å². The number of alkyl halides is 2. The second-order valence-corrected chi connectivity index (χ2v) is 5.00. The van der Waals surface area contributed by atoms with Crippen molar-refractivity contribution < 1.29 is 23.1 Å². The number of rotatable bonds is 6. The summed E-state index contributed by atoms with van der Waals surface area (Å²) >= 11 is 0. The van der Waals surface area contributed by atoms with Crippen LogP contribution in [0.5, 0.6) is 0 Å². The van der Waals surface area contributed by atoms with Crippen LogP contribution in [0.3, 0.4) is 0 Å². The summed E-state index contributed by atoms with van der Waals surface area (Å²) in [5.74, 6) is -0.905. The van der Waals surface area contributed by atoms with E-state index in [1.54, 1.807) is 4.90 Å². The minimum Gasteiger partial charge on any atom is -0.469 e. The monoisotopic (exact) mass is 292 g/mol. The molecule has 7 heteroatoms. The number of ether oxygens (including phenoxy) is 1. The third-order valence-corrected chi connectivity index (χ3v) is 3.36. The fourth-order valence-electron chi connectivity index (χ4n) is 2.42. The van der Waals surface area contributed by atoms with E-state index in [4.69, 9.17) is 4.74 Å². The zero-order valence-corrected chi connectivity index (χ0v) is 11.9. The maximum absolute atomic E-state index is 12.3. The van der Waals surface area contributed by atoms with E-state index in [9.17, 15) is 18.4 Å². The molecule has 20 heavy (non-hydrogen) atoms. The molecule has 1 aliphatic heterocycles. The molecule has 1 aliphatic rings. The van der Waals surface area contributed by atoms with Crippen LogP contribution in [0.2, 0.25) is 0 Å². The fourth-order valence-corrected chi connectivity index (χ4v) is 2.42. The predicted molar refractivity (Wildman–Crippen MR) is 69.4 cm³/mol. The summed E-state index contributed by atoms with van der Waals surface area (Å²) in [5, 5.41) is 2.71. The molecular weight excluding hydrogens is 270 g/mol. The molecule has 0 saturated carbocycles. The van der Waals surface area contributed by atoms with Crippen molar-refractivity contribution in [3.8, 4) is 0 Å². The summed E-state index contributed by atoms with van der Waals surface area (Å²) in [4.78, 5) is 25.1. The van der Waals surface area contributed by atoms with Crippen molar-refractivity contribution in [1.29, 1.82) is 0 Å². The number of nitrogens with zero attached hydrogens (tertiary/aromatic N) is 1. The van der Waals surface area contributed by atoms with E-state index in [0.717, 1.165) is 0 Å². The first-order valence-corrected chi connectivity index (χ1v) is 6.85. The molecule has 1 amide bonds. The lowest BCUT2D eigenvalue weighted by Gasteiger charge is -2.37. The smallest absolute Gasteiger partial charge is 0.310 e. The van der Waals surface area contributed by atoms with Crippen LogP contribution in [0.1, 0.15) is 26.2 Å². The van der Waals surface area contributed by atoms with Gasteiger partial charge < -0.3 is 15.0 Å². The second kappa shape index (κ2) is 8.14. The third kappa shape index (κ3) is 5.03. The molecule has 0 aromatic rings. The first-order valence-electron chi connectivity index (χ1n) is 6.85. The molecule has 1 saturated heterocycles. The predicted octanol–water partition coefficient (Wildman–Crippen LogP) is 1.03. The number of nitrogens with one attached hydrogen (secondary N) is 1. The van der Waals surface area contributed by atoms with Gasteiger partial charge in [-0.15, -0.1) is 0 Å². The van der Waals surface area contributed by atoms with E-state index in [1.807, 2.05) is 6.92 Å². The molecule has 1 rings (SSSR count). The molecule has 0 radical (unpaired) electrons. The number of carbonyl (C=O) groups excluding carboxylic acids is 2. The number of carbonyl (C=O) groups is 2. The standard InChI is InChI=1S/C13H22F2N2O3/c1-3-4-12(18)17-7-9(13(19)20-2)5-10(8-17)16-6-11(14)15/h9-11,16H,3-8H2,1-2H3. The zero-order chi connectivity index (χ0) is 15.1. The highest BCUT2D eigenvalue weighted by molar-refractivity contribution is 5.78. The normalized spacial score (nSPS) is 22.9. The van der Waals surface area contributed by atoms with Crippen LogP contribution in [0.25, 0.3) is 0 Å². The Morgan fingerprint density at radius 2 is 2.10 bits per heavy atom. The van der Waals surface area contributed by atoms with Crippen LogP contribution in [0.15, 0.2) is 0 Å². The van der Waals surface area contributed by atoms with Crippen LogP contribution >= 0.6 is 0 Å². The maximum atomic E-state index is 12.3. The zero-order valence-electron chi connectivity index (χ0n) is 11.9. The molecule has 0 spiro atoms. The molecule has 116 valence electrons. The average molecular weight is 292 g/mol. The van der Waals surface area contributed by atoms with Gasteiger partial charge in [-0.2, -0.15) is 0 Å². The van der Waals surface area contributed by atoms with E-state index in [0.29, 0.717) is 32.4 Å². The van der Waals surface area contributed by atoms with Gasteiger partial charge >= 0.3 is 5.97 Å². The molecule has 2 unspecified atom stereocenters. The summed E-state index contributed by atoms with van der Waals surface area (Å²) < 4.78 is 29.2. The van der Waals surface area contributed by atoms with Crippen LogP contribution in [-0.4, -0.2) is 56.0 Å². The van der Waals surface area contributed by atoms with Gasteiger partial charge in [0.2, 0.25) is 5.91 Å². The lowest BCUT2D eigenvalue weighted by atomic mass is 9.93. The Labute approximate surface area is 117 Å². The molecule has 1 N–H and O–H groups in total. The Morgan fingerprint density at radius 3 is 2.65 bits per heavy atom. The number of likely N-dealkylation sites (tertiary alicyclic amines) is 1. The number of methoxy groups -OCH3 is 1. The summed E-state index contributed by atoms with van der Waals surface area (Å²) in [6.45, 7) is 2.12. The van der Waals surface area contributed by atoms with E-state index in [1.165, 1.54) is 7.11 Å². The highest BCUT2D eigenvalue weighted by Gasteiger charge is 2.34. The topological polar surface area (TPSA) is 58.6 Å². The average Bonchev–Trinajstić information content (AvgIpc) is 2.44. The lowest BCUT2D eigenvalue weighted by molar-refractivity contribution is -0.149. The number of esters is 1.